The van der Waals surface area contributed by atoms with E-state index in [4.69, 9.17) is 18.0 Å². The van der Waals surface area contributed by atoms with E-state index in [-0.39, 0.29) is 22.5 Å². The SMILES string of the molecule is CC(CC(N)=S)N(C)C(=O)c1ccc(C(F)(F)F)cc1. The van der Waals surface area contributed by atoms with Gasteiger partial charge in [0.15, 0.2) is 0 Å². The van der Waals surface area contributed by atoms with Crippen LogP contribution in [0.4, 0.5) is 13.2 Å². The van der Waals surface area contributed by atoms with Crippen LogP contribution in [-0.4, -0.2) is 28.9 Å². The molecule has 0 spiro atoms. The number of hydrogen-bond donors (Lipinski definition) is 1. The van der Waals surface area contributed by atoms with Crippen LogP contribution in [-0.2, 0) is 6.18 Å². The van der Waals surface area contributed by atoms with Crippen molar-refractivity contribution in [2.24, 2.45) is 5.73 Å². The molecule has 1 aromatic rings. The average Bonchev–Trinajstić information content (AvgIpc) is 2.35. The minimum atomic E-state index is -4.41. The molecule has 0 aliphatic carbocycles. The van der Waals surface area contributed by atoms with E-state index in [1.54, 1.807) is 14.0 Å². The van der Waals surface area contributed by atoms with Crippen molar-refractivity contribution in [2.45, 2.75) is 25.6 Å². The van der Waals surface area contributed by atoms with Gasteiger partial charge in [0, 0.05) is 25.1 Å². The smallest absolute Gasteiger partial charge is 0.393 e. The molecule has 0 heterocycles. The second kappa shape index (κ2) is 6.21. The summed E-state index contributed by atoms with van der Waals surface area (Å²) >= 11 is 4.77. The Kier molecular flexibility index (Phi) is 5.10. The highest BCUT2D eigenvalue weighted by molar-refractivity contribution is 7.80. The topological polar surface area (TPSA) is 46.3 Å². The van der Waals surface area contributed by atoms with Gasteiger partial charge in [-0.3, -0.25) is 4.79 Å². The molecule has 1 rings (SSSR count). The molecular weight excluding hydrogens is 289 g/mol. The van der Waals surface area contributed by atoms with E-state index in [0.29, 0.717) is 6.42 Å². The van der Waals surface area contributed by atoms with Gasteiger partial charge >= 0.3 is 6.18 Å². The van der Waals surface area contributed by atoms with Crippen LogP contribution < -0.4 is 5.73 Å². The predicted molar refractivity (Wildman–Crippen MR) is 74.4 cm³/mol. The average molecular weight is 304 g/mol. The Bertz CT molecular complexity index is 499. The lowest BCUT2D eigenvalue weighted by Crippen LogP contribution is -2.37. The van der Waals surface area contributed by atoms with Gasteiger partial charge in [-0.1, -0.05) is 12.2 Å². The Morgan fingerprint density at radius 2 is 1.85 bits per heavy atom. The second-order valence-electron chi connectivity index (χ2n) is 4.51. The van der Waals surface area contributed by atoms with Crippen LogP contribution in [0.2, 0.25) is 0 Å². The number of nitrogens with zero attached hydrogens (tertiary/aromatic N) is 1. The first-order chi connectivity index (χ1) is 9.12. The fourth-order valence-corrected chi connectivity index (χ4v) is 1.87. The normalized spacial score (nSPS) is 12.8. The summed E-state index contributed by atoms with van der Waals surface area (Å²) in [5, 5.41) is 0. The van der Waals surface area contributed by atoms with Crippen LogP contribution in [0.5, 0.6) is 0 Å². The fraction of sp³-hybridized carbons (Fsp3) is 0.385. The monoisotopic (exact) mass is 304 g/mol. The minimum Gasteiger partial charge on any atom is -0.393 e. The van der Waals surface area contributed by atoms with Gasteiger partial charge in [-0.15, -0.1) is 0 Å². The molecule has 1 unspecified atom stereocenters. The van der Waals surface area contributed by atoms with Crippen LogP contribution in [0.3, 0.4) is 0 Å². The molecule has 7 heteroatoms. The Labute approximate surface area is 120 Å². The van der Waals surface area contributed by atoms with Gasteiger partial charge in [0.2, 0.25) is 0 Å². The number of carbonyl (C=O) groups is 1. The predicted octanol–water partition coefficient (Wildman–Crippen LogP) is 2.84. The number of carbonyl (C=O) groups excluding carboxylic acids is 1. The molecule has 0 aromatic heterocycles. The van der Waals surface area contributed by atoms with Gasteiger partial charge < -0.3 is 10.6 Å². The third-order valence-corrected chi connectivity index (χ3v) is 3.10. The first-order valence-corrected chi connectivity index (χ1v) is 6.26. The maximum absolute atomic E-state index is 12.4. The molecule has 0 fully saturated rings. The zero-order valence-electron chi connectivity index (χ0n) is 11.1. The highest BCUT2D eigenvalue weighted by Gasteiger charge is 2.30. The number of alkyl halides is 3. The summed E-state index contributed by atoms with van der Waals surface area (Å²) in [7, 11) is 1.56. The Balaban J connectivity index is 2.85. The molecule has 0 aliphatic rings. The summed E-state index contributed by atoms with van der Waals surface area (Å²) in [5.41, 5.74) is 4.81. The summed E-state index contributed by atoms with van der Waals surface area (Å²) in [6.07, 6.45) is -4.05. The third-order valence-electron chi connectivity index (χ3n) is 2.94. The summed E-state index contributed by atoms with van der Waals surface area (Å²) in [6.45, 7) is 1.77. The minimum absolute atomic E-state index is 0.190. The van der Waals surface area contributed by atoms with Gasteiger partial charge in [-0.05, 0) is 31.2 Å². The number of nitrogens with two attached hydrogens (primary N) is 1. The van der Waals surface area contributed by atoms with E-state index in [9.17, 15) is 18.0 Å². The molecule has 1 aromatic carbocycles. The number of benzene rings is 1. The molecule has 2 N–H and O–H groups in total. The van der Waals surface area contributed by atoms with Gasteiger partial charge in [0.05, 0.1) is 10.6 Å². The standard InChI is InChI=1S/C13H15F3N2OS/c1-8(7-11(17)20)18(2)12(19)9-3-5-10(6-4-9)13(14,15)16/h3-6,8H,7H2,1-2H3,(H2,17,20). The molecule has 110 valence electrons. The molecule has 0 aliphatic heterocycles. The van der Waals surface area contributed by atoms with Crippen molar-refractivity contribution in [1.82, 2.24) is 4.90 Å². The van der Waals surface area contributed by atoms with Crippen molar-refractivity contribution in [1.29, 1.82) is 0 Å². The number of amides is 1. The van der Waals surface area contributed by atoms with E-state index in [1.165, 1.54) is 4.90 Å². The summed E-state index contributed by atoms with van der Waals surface area (Å²) in [5.74, 6) is -0.373. The van der Waals surface area contributed by atoms with Crippen molar-refractivity contribution < 1.29 is 18.0 Å². The Morgan fingerprint density at radius 3 is 2.25 bits per heavy atom. The zero-order chi connectivity index (χ0) is 15.5. The fourth-order valence-electron chi connectivity index (χ4n) is 1.63. The second-order valence-corrected chi connectivity index (χ2v) is 5.04. The number of hydrogen-bond acceptors (Lipinski definition) is 2. The van der Waals surface area contributed by atoms with Gasteiger partial charge in [0.1, 0.15) is 0 Å². The largest absolute Gasteiger partial charge is 0.416 e. The Hall–Kier alpha value is -1.63. The van der Waals surface area contributed by atoms with Crippen LogP contribution in [0, 0.1) is 0 Å². The lowest BCUT2D eigenvalue weighted by atomic mass is 10.1. The molecule has 3 nitrogen and oxygen atoms in total. The highest BCUT2D eigenvalue weighted by Crippen LogP contribution is 2.29. The van der Waals surface area contributed by atoms with E-state index in [2.05, 4.69) is 0 Å². The molecule has 0 saturated carbocycles. The summed E-state index contributed by atoms with van der Waals surface area (Å²) < 4.78 is 37.3. The van der Waals surface area contributed by atoms with E-state index in [0.717, 1.165) is 24.3 Å². The van der Waals surface area contributed by atoms with Crippen molar-refractivity contribution in [3.8, 4) is 0 Å². The van der Waals surface area contributed by atoms with Crippen LogP contribution >= 0.6 is 12.2 Å². The Morgan fingerprint density at radius 1 is 1.35 bits per heavy atom. The van der Waals surface area contributed by atoms with Crippen LogP contribution in [0.1, 0.15) is 29.3 Å². The van der Waals surface area contributed by atoms with Gasteiger partial charge in [-0.25, -0.2) is 0 Å². The summed E-state index contributed by atoms with van der Waals surface area (Å²) in [4.78, 5) is 13.8. The van der Waals surface area contributed by atoms with Gasteiger partial charge in [0.25, 0.3) is 5.91 Å². The molecule has 1 atom stereocenters. The lowest BCUT2D eigenvalue weighted by molar-refractivity contribution is -0.137. The van der Waals surface area contributed by atoms with E-state index < -0.39 is 11.7 Å². The maximum atomic E-state index is 12.4. The van der Waals surface area contributed by atoms with Crippen LogP contribution in [0.25, 0.3) is 0 Å². The third kappa shape index (κ3) is 4.19. The number of thiocarbonyl (C=S) groups is 1. The van der Waals surface area contributed by atoms with Crippen LogP contribution in [0.15, 0.2) is 24.3 Å². The van der Waals surface area contributed by atoms with E-state index >= 15 is 0 Å². The first-order valence-electron chi connectivity index (χ1n) is 5.85. The first kappa shape index (κ1) is 16.4. The molecule has 20 heavy (non-hydrogen) atoms. The van der Waals surface area contributed by atoms with Crippen molar-refractivity contribution in [3.63, 3.8) is 0 Å². The maximum Gasteiger partial charge on any atom is 0.416 e. The molecular formula is C13H15F3N2OS. The number of rotatable bonds is 4. The van der Waals surface area contributed by atoms with E-state index in [1.807, 2.05) is 0 Å². The van der Waals surface area contributed by atoms with Crippen molar-refractivity contribution in [2.75, 3.05) is 7.05 Å². The van der Waals surface area contributed by atoms with Crippen molar-refractivity contribution in [3.05, 3.63) is 35.4 Å². The summed E-state index contributed by atoms with van der Waals surface area (Å²) in [6, 6.07) is 3.88. The molecule has 0 radical (unpaired) electrons. The van der Waals surface area contributed by atoms with Gasteiger partial charge in [-0.2, -0.15) is 13.2 Å². The highest BCUT2D eigenvalue weighted by atomic mass is 32.1. The molecule has 0 bridgehead atoms. The molecule has 1 amide bonds. The molecule has 0 saturated heterocycles. The lowest BCUT2D eigenvalue weighted by Gasteiger charge is -2.24. The number of halogens is 3. The zero-order valence-corrected chi connectivity index (χ0v) is 11.9. The quantitative estimate of drug-likeness (QED) is 0.870. The van der Waals surface area contributed by atoms with Crippen molar-refractivity contribution >= 4 is 23.1 Å².